The van der Waals surface area contributed by atoms with Gasteiger partial charge >= 0.3 is 0 Å². The lowest BCUT2D eigenvalue weighted by Gasteiger charge is -2.11. The number of benzene rings is 1. The van der Waals surface area contributed by atoms with Gasteiger partial charge < -0.3 is 14.9 Å². The zero-order valence-corrected chi connectivity index (χ0v) is 12.1. The van der Waals surface area contributed by atoms with Crippen LogP contribution in [-0.4, -0.2) is 6.61 Å². The molecule has 3 rings (SSSR count). The maximum atomic E-state index is 6.29. The number of rotatable bonds is 4. The van der Waals surface area contributed by atoms with Crippen molar-refractivity contribution < 1.29 is 9.15 Å². The fourth-order valence-corrected chi connectivity index (χ4v) is 2.89. The third kappa shape index (κ3) is 2.59. The van der Waals surface area contributed by atoms with Gasteiger partial charge in [-0.1, -0.05) is 12.1 Å². The molecule has 1 atom stereocenters. The van der Waals surface area contributed by atoms with E-state index in [4.69, 9.17) is 14.9 Å². The van der Waals surface area contributed by atoms with Crippen molar-refractivity contribution in [2.45, 2.75) is 39.2 Å². The molecular weight excluding hydrogens is 250 g/mol. The van der Waals surface area contributed by atoms with Crippen molar-refractivity contribution >= 4 is 0 Å². The summed E-state index contributed by atoms with van der Waals surface area (Å²) in [6, 6.07) is 8.57. The fraction of sp³-hybridized carbons (Fsp3) is 0.412. The maximum absolute atomic E-state index is 6.29. The molecule has 1 aromatic carbocycles. The molecule has 2 aromatic rings. The molecule has 0 bridgehead atoms. The zero-order valence-electron chi connectivity index (χ0n) is 12.1. The van der Waals surface area contributed by atoms with E-state index in [0.717, 1.165) is 48.7 Å². The molecule has 2 heterocycles. The van der Waals surface area contributed by atoms with E-state index in [1.165, 1.54) is 11.1 Å². The van der Waals surface area contributed by atoms with Crippen LogP contribution in [0, 0.1) is 13.8 Å². The van der Waals surface area contributed by atoms with E-state index in [0.29, 0.717) is 0 Å². The first kappa shape index (κ1) is 13.3. The molecule has 2 N–H and O–H groups in total. The molecule has 0 radical (unpaired) electrons. The second-order valence-corrected chi connectivity index (χ2v) is 5.55. The monoisotopic (exact) mass is 271 g/mol. The van der Waals surface area contributed by atoms with Gasteiger partial charge in [0.2, 0.25) is 0 Å². The van der Waals surface area contributed by atoms with Crippen molar-refractivity contribution in [3.8, 4) is 5.75 Å². The highest BCUT2D eigenvalue weighted by Gasteiger charge is 2.15. The first-order valence-corrected chi connectivity index (χ1v) is 7.20. The summed E-state index contributed by atoms with van der Waals surface area (Å²) in [6.07, 6.45) is 2.94. The molecule has 106 valence electrons. The van der Waals surface area contributed by atoms with Crippen molar-refractivity contribution in [1.82, 2.24) is 0 Å². The number of aryl methyl sites for hydroxylation is 3. The van der Waals surface area contributed by atoms with Gasteiger partial charge in [-0.15, -0.1) is 0 Å². The molecule has 0 saturated heterocycles. The third-order valence-electron chi connectivity index (χ3n) is 3.98. The Balaban J connectivity index is 1.66. The smallest absolute Gasteiger partial charge is 0.122 e. The van der Waals surface area contributed by atoms with Crippen LogP contribution in [0.25, 0.3) is 0 Å². The Bertz CT molecular complexity index is 615. The molecule has 0 fully saturated rings. The van der Waals surface area contributed by atoms with E-state index in [9.17, 15) is 0 Å². The van der Waals surface area contributed by atoms with Gasteiger partial charge in [-0.3, -0.25) is 0 Å². The van der Waals surface area contributed by atoms with Gasteiger partial charge in [0, 0.05) is 18.0 Å². The van der Waals surface area contributed by atoms with Crippen LogP contribution in [0.3, 0.4) is 0 Å². The van der Waals surface area contributed by atoms with Gasteiger partial charge in [0.15, 0.2) is 0 Å². The molecular formula is C17H21NO2. The summed E-state index contributed by atoms with van der Waals surface area (Å²) in [6.45, 7) is 4.75. The Hall–Kier alpha value is -1.74. The van der Waals surface area contributed by atoms with Crippen molar-refractivity contribution in [3.63, 3.8) is 0 Å². The summed E-state index contributed by atoms with van der Waals surface area (Å²) >= 11 is 0. The molecule has 0 amide bonds. The Labute approximate surface area is 119 Å². The fourth-order valence-electron chi connectivity index (χ4n) is 2.89. The summed E-state index contributed by atoms with van der Waals surface area (Å²) < 4.78 is 11.1. The number of nitrogens with two attached hydrogens (primary N) is 1. The standard InChI is InChI=1S/C17H21NO2/c1-11-9-15(12(2)20-11)16(18)5-3-13-4-6-17-14(10-13)7-8-19-17/h4,6,9-10,16H,3,5,7-8,18H2,1-2H3. The lowest BCUT2D eigenvalue weighted by molar-refractivity contribution is 0.357. The van der Waals surface area contributed by atoms with Crippen LogP contribution in [0.5, 0.6) is 5.75 Å². The van der Waals surface area contributed by atoms with Gasteiger partial charge in [0.1, 0.15) is 17.3 Å². The van der Waals surface area contributed by atoms with Crippen molar-refractivity contribution in [1.29, 1.82) is 0 Å². The first-order valence-electron chi connectivity index (χ1n) is 7.20. The van der Waals surface area contributed by atoms with Crippen molar-refractivity contribution in [2.24, 2.45) is 5.73 Å². The average molecular weight is 271 g/mol. The van der Waals surface area contributed by atoms with Crippen LogP contribution < -0.4 is 10.5 Å². The number of ether oxygens (including phenoxy) is 1. The second kappa shape index (κ2) is 5.33. The van der Waals surface area contributed by atoms with E-state index >= 15 is 0 Å². The summed E-state index contributed by atoms with van der Waals surface area (Å²) in [5, 5.41) is 0. The van der Waals surface area contributed by atoms with E-state index in [1.54, 1.807) is 0 Å². The molecule has 0 spiro atoms. The van der Waals surface area contributed by atoms with Crippen LogP contribution in [-0.2, 0) is 12.8 Å². The van der Waals surface area contributed by atoms with Gasteiger partial charge in [-0.25, -0.2) is 0 Å². The maximum Gasteiger partial charge on any atom is 0.122 e. The molecule has 1 aromatic heterocycles. The van der Waals surface area contributed by atoms with Crippen LogP contribution in [0.15, 0.2) is 28.7 Å². The molecule has 1 aliphatic heterocycles. The van der Waals surface area contributed by atoms with Crippen LogP contribution >= 0.6 is 0 Å². The van der Waals surface area contributed by atoms with E-state index < -0.39 is 0 Å². The number of hydrogen-bond donors (Lipinski definition) is 1. The van der Waals surface area contributed by atoms with E-state index in [-0.39, 0.29) is 6.04 Å². The van der Waals surface area contributed by atoms with Gasteiger partial charge in [0.05, 0.1) is 6.61 Å². The topological polar surface area (TPSA) is 48.4 Å². The zero-order chi connectivity index (χ0) is 14.1. The van der Waals surface area contributed by atoms with Gasteiger partial charge in [-0.2, -0.15) is 0 Å². The van der Waals surface area contributed by atoms with Crippen LogP contribution in [0.1, 0.15) is 40.7 Å². The molecule has 1 aliphatic rings. The molecule has 0 aliphatic carbocycles. The lowest BCUT2D eigenvalue weighted by Crippen LogP contribution is -2.11. The summed E-state index contributed by atoms with van der Waals surface area (Å²) in [4.78, 5) is 0. The summed E-state index contributed by atoms with van der Waals surface area (Å²) in [7, 11) is 0. The minimum atomic E-state index is 0.0388. The van der Waals surface area contributed by atoms with Crippen molar-refractivity contribution in [3.05, 3.63) is 52.5 Å². The predicted octanol–water partition coefficient (Wildman–Crippen LogP) is 3.46. The minimum absolute atomic E-state index is 0.0388. The van der Waals surface area contributed by atoms with Gasteiger partial charge in [-0.05, 0) is 49.9 Å². The Morgan fingerprint density at radius 1 is 1.25 bits per heavy atom. The Morgan fingerprint density at radius 3 is 2.85 bits per heavy atom. The van der Waals surface area contributed by atoms with Gasteiger partial charge in [0.25, 0.3) is 0 Å². The number of furan rings is 1. The highest BCUT2D eigenvalue weighted by molar-refractivity contribution is 5.40. The quantitative estimate of drug-likeness (QED) is 0.926. The third-order valence-corrected chi connectivity index (χ3v) is 3.98. The average Bonchev–Trinajstić information content (AvgIpc) is 3.01. The number of fused-ring (bicyclic) bond motifs is 1. The van der Waals surface area contributed by atoms with Crippen molar-refractivity contribution in [2.75, 3.05) is 6.61 Å². The number of hydrogen-bond acceptors (Lipinski definition) is 3. The Morgan fingerprint density at radius 2 is 2.10 bits per heavy atom. The summed E-state index contributed by atoms with van der Waals surface area (Å²) in [5.41, 5.74) is 10.1. The van der Waals surface area contributed by atoms with Crippen LogP contribution in [0.4, 0.5) is 0 Å². The lowest BCUT2D eigenvalue weighted by atomic mass is 9.98. The SMILES string of the molecule is Cc1cc(C(N)CCc2ccc3c(c2)CCO3)c(C)o1. The second-order valence-electron chi connectivity index (χ2n) is 5.55. The molecule has 3 nitrogen and oxygen atoms in total. The van der Waals surface area contributed by atoms with E-state index in [2.05, 4.69) is 24.3 Å². The first-order chi connectivity index (χ1) is 9.63. The molecule has 0 saturated carbocycles. The highest BCUT2D eigenvalue weighted by Crippen LogP contribution is 2.28. The molecule has 20 heavy (non-hydrogen) atoms. The Kier molecular flexibility index (Phi) is 3.53. The summed E-state index contributed by atoms with van der Waals surface area (Å²) in [5.74, 6) is 2.92. The minimum Gasteiger partial charge on any atom is -0.493 e. The highest BCUT2D eigenvalue weighted by atomic mass is 16.5. The van der Waals surface area contributed by atoms with Crippen LogP contribution in [0.2, 0.25) is 0 Å². The van der Waals surface area contributed by atoms with E-state index in [1.807, 2.05) is 13.8 Å². The predicted molar refractivity (Wildman–Crippen MR) is 79.1 cm³/mol. The normalized spacial score (nSPS) is 14.9. The molecule has 3 heteroatoms. The largest absolute Gasteiger partial charge is 0.493 e. The molecule has 1 unspecified atom stereocenters.